The van der Waals surface area contributed by atoms with E-state index in [2.05, 4.69) is 10.6 Å². The molecule has 5 nitrogen and oxygen atoms in total. The fourth-order valence-corrected chi connectivity index (χ4v) is 2.80. The molecule has 0 radical (unpaired) electrons. The molecule has 0 aliphatic heterocycles. The third kappa shape index (κ3) is 5.02. The molecule has 2 rings (SSSR count). The number of amides is 1. The highest BCUT2D eigenvalue weighted by Gasteiger charge is 2.26. The van der Waals surface area contributed by atoms with Gasteiger partial charge in [0.2, 0.25) is 5.91 Å². The normalized spacial score (nSPS) is 21.8. The van der Waals surface area contributed by atoms with Crippen LogP contribution in [0.1, 0.15) is 25.7 Å². The number of halogens is 1. The Hall–Kier alpha value is -1.59. The Labute approximate surface area is 128 Å². The summed E-state index contributed by atoms with van der Waals surface area (Å²) in [5.74, 6) is -1.20. The molecule has 1 aliphatic rings. The van der Waals surface area contributed by atoms with E-state index in [1.165, 1.54) is 0 Å². The molecule has 2 unspecified atom stereocenters. The van der Waals surface area contributed by atoms with E-state index in [0.29, 0.717) is 17.1 Å². The third-order valence-corrected chi connectivity index (χ3v) is 3.92. The zero-order chi connectivity index (χ0) is 15.2. The van der Waals surface area contributed by atoms with E-state index in [1.54, 1.807) is 24.3 Å². The van der Waals surface area contributed by atoms with Crippen LogP contribution in [-0.4, -0.2) is 29.6 Å². The molecule has 0 spiro atoms. The SMILES string of the molecule is O=C(CNC1CCCC(C(=O)O)C1)Nc1cccc(Cl)c1. The van der Waals surface area contributed by atoms with E-state index in [9.17, 15) is 9.59 Å². The van der Waals surface area contributed by atoms with Gasteiger partial charge in [0.15, 0.2) is 0 Å². The fourth-order valence-electron chi connectivity index (χ4n) is 2.61. The van der Waals surface area contributed by atoms with Gasteiger partial charge in [-0.3, -0.25) is 9.59 Å². The number of benzene rings is 1. The monoisotopic (exact) mass is 310 g/mol. The first kappa shape index (κ1) is 15.8. The van der Waals surface area contributed by atoms with Crippen molar-refractivity contribution in [2.45, 2.75) is 31.7 Å². The quantitative estimate of drug-likeness (QED) is 0.781. The largest absolute Gasteiger partial charge is 0.481 e. The lowest BCUT2D eigenvalue weighted by Crippen LogP contribution is -2.40. The second-order valence-electron chi connectivity index (χ2n) is 5.34. The minimum absolute atomic E-state index is 0.0879. The van der Waals surface area contributed by atoms with Crippen molar-refractivity contribution in [1.82, 2.24) is 5.32 Å². The highest BCUT2D eigenvalue weighted by atomic mass is 35.5. The van der Waals surface area contributed by atoms with Crippen molar-refractivity contribution < 1.29 is 14.7 Å². The summed E-state index contributed by atoms with van der Waals surface area (Å²) in [6.45, 7) is 0.170. The molecule has 1 aromatic carbocycles. The molecule has 0 saturated heterocycles. The zero-order valence-electron chi connectivity index (χ0n) is 11.6. The summed E-state index contributed by atoms with van der Waals surface area (Å²) >= 11 is 5.85. The van der Waals surface area contributed by atoms with Crippen molar-refractivity contribution in [2.24, 2.45) is 5.92 Å². The Kier molecular flexibility index (Phi) is 5.59. The lowest BCUT2D eigenvalue weighted by atomic mass is 9.86. The molecule has 3 N–H and O–H groups in total. The minimum atomic E-state index is -0.745. The molecule has 2 atom stereocenters. The highest BCUT2D eigenvalue weighted by Crippen LogP contribution is 2.24. The van der Waals surface area contributed by atoms with Gasteiger partial charge in [-0.1, -0.05) is 24.1 Å². The van der Waals surface area contributed by atoms with E-state index in [1.807, 2.05) is 0 Å². The Balaban J connectivity index is 1.77. The van der Waals surface area contributed by atoms with Crippen LogP contribution >= 0.6 is 11.6 Å². The predicted molar refractivity (Wildman–Crippen MR) is 81.5 cm³/mol. The van der Waals surface area contributed by atoms with Crippen LogP contribution in [0.5, 0.6) is 0 Å². The van der Waals surface area contributed by atoms with Crippen LogP contribution in [0, 0.1) is 5.92 Å². The molecule has 6 heteroatoms. The first-order chi connectivity index (χ1) is 10.0. The van der Waals surface area contributed by atoms with Gasteiger partial charge in [-0.05, 0) is 37.5 Å². The number of carbonyl (C=O) groups is 2. The lowest BCUT2D eigenvalue weighted by Gasteiger charge is -2.27. The molecule has 21 heavy (non-hydrogen) atoms. The number of anilines is 1. The summed E-state index contributed by atoms with van der Waals surface area (Å²) in [4.78, 5) is 22.8. The number of hydrogen-bond acceptors (Lipinski definition) is 3. The molecule has 0 aromatic heterocycles. The minimum Gasteiger partial charge on any atom is -0.481 e. The van der Waals surface area contributed by atoms with E-state index in [-0.39, 0.29) is 24.4 Å². The first-order valence-corrected chi connectivity index (χ1v) is 7.44. The summed E-state index contributed by atoms with van der Waals surface area (Å²) in [5, 5.41) is 15.5. The van der Waals surface area contributed by atoms with Gasteiger partial charge in [-0.25, -0.2) is 0 Å². The highest BCUT2D eigenvalue weighted by molar-refractivity contribution is 6.30. The van der Waals surface area contributed by atoms with Gasteiger partial charge in [0.05, 0.1) is 12.5 Å². The Morgan fingerprint density at radius 1 is 1.33 bits per heavy atom. The van der Waals surface area contributed by atoms with Crippen molar-refractivity contribution in [3.8, 4) is 0 Å². The average Bonchev–Trinajstić information content (AvgIpc) is 2.45. The maximum Gasteiger partial charge on any atom is 0.306 e. The van der Waals surface area contributed by atoms with Crippen molar-refractivity contribution in [2.75, 3.05) is 11.9 Å². The average molecular weight is 311 g/mol. The topological polar surface area (TPSA) is 78.4 Å². The van der Waals surface area contributed by atoms with E-state index < -0.39 is 5.97 Å². The molecular weight excluding hydrogens is 292 g/mol. The molecular formula is C15H19ClN2O3. The molecule has 1 amide bonds. The Morgan fingerprint density at radius 2 is 2.14 bits per heavy atom. The molecule has 0 bridgehead atoms. The van der Waals surface area contributed by atoms with Gasteiger partial charge in [0, 0.05) is 16.8 Å². The van der Waals surface area contributed by atoms with Gasteiger partial charge in [0.1, 0.15) is 0 Å². The van der Waals surface area contributed by atoms with Crippen LogP contribution in [0.15, 0.2) is 24.3 Å². The Bertz CT molecular complexity index is 521. The van der Waals surface area contributed by atoms with Crippen LogP contribution < -0.4 is 10.6 Å². The lowest BCUT2D eigenvalue weighted by molar-refractivity contribution is -0.143. The van der Waals surface area contributed by atoms with Crippen molar-refractivity contribution >= 4 is 29.2 Å². The fraction of sp³-hybridized carbons (Fsp3) is 0.467. The standard InChI is InChI=1S/C15H19ClN2O3/c16-11-4-2-6-13(8-11)18-14(19)9-17-12-5-1-3-10(7-12)15(20)21/h2,4,6,8,10,12,17H,1,3,5,7,9H2,(H,18,19)(H,20,21). The smallest absolute Gasteiger partial charge is 0.306 e. The maximum absolute atomic E-state index is 11.8. The van der Waals surface area contributed by atoms with Crippen LogP contribution in [0.25, 0.3) is 0 Å². The molecule has 1 aromatic rings. The number of carboxylic acids is 1. The molecule has 0 heterocycles. The van der Waals surface area contributed by atoms with Crippen molar-refractivity contribution in [1.29, 1.82) is 0 Å². The van der Waals surface area contributed by atoms with Crippen LogP contribution in [0.3, 0.4) is 0 Å². The van der Waals surface area contributed by atoms with Gasteiger partial charge in [-0.2, -0.15) is 0 Å². The second-order valence-corrected chi connectivity index (χ2v) is 5.77. The number of carboxylic acid groups (broad SMARTS) is 1. The second kappa shape index (κ2) is 7.43. The number of nitrogens with one attached hydrogen (secondary N) is 2. The van der Waals surface area contributed by atoms with Crippen molar-refractivity contribution in [3.63, 3.8) is 0 Å². The number of rotatable bonds is 5. The van der Waals surface area contributed by atoms with Crippen LogP contribution in [-0.2, 0) is 9.59 Å². The van der Waals surface area contributed by atoms with E-state index >= 15 is 0 Å². The number of hydrogen-bond donors (Lipinski definition) is 3. The third-order valence-electron chi connectivity index (χ3n) is 3.68. The van der Waals surface area contributed by atoms with E-state index in [4.69, 9.17) is 16.7 Å². The summed E-state index contributed by atoms with van der Waals surface area (Å²) in [6, 6.07) is 7.05. The van der Waals surface area contributed by atoms with Gasteiger partial charge in [0.25, 0.3) is 0 Å². The summed E-state index contributed by atoms with van der Waals surface area (Å²) < 4.78 is 0. The van der Waals surface area contributed by atoms with E-state index in [0.717, 1.165) is 19.3 Å². The maximum atomic E-state index is 11.8. The Morgan fingerprint density at radius 3 is 2.86 bits per heavy atom. The summed E-state index contributed by atoms with van der Waals surface area (Å²) in [7, 11) is 0. The van der Waals surface area contributed by atoms with Crippen LogP contribution in [0.4, 0.5) is 5.69 Å². The summed E-state index contributed by atoms with van der Waals surface area (Å²) in [5.41, 5.74) is 0.654. The molecule has 114 valence electrons. The van der Waals surface area contributed by atoms with Gasteiger partial charge < -0.3 is 15.7 Å². The molecule has 1 saturated carbocycles. The van der Waals surface area contributed by atoms with Crippen LogP contribution in [0.2, 0.25) is 5.02 Å². The summed E-state index contributed by atoms with van der Waals surface area (Å²) in [6.07, 6.45) is 3.10. The number of carbonyl (C=O) groups excluding carboxylic acids is 1. The first-order valence-electron chi connectivity index (χ1n) is 7.06. The molecule has 1 fully saturated rings. The molecule has 1 aliphatic carbocycles. The zero-order valence-corrected chi connectivity index (χ0v) is 12.4. The van der Waals surface area contributed by atoms with Gasteiger partial charge >= 0.3 is 5.97 Å². The number of aliphatic carboxylic acids is 1. The predicted octanol–water partition coefficient (Wildman–Crippen LogP) is 2.51. The van der Waals surface area contributed by atoms with Crippen molar-refractivity contribution in [3.05, 3.63) is 29.3 Å². The van der Waals surface area contributed by atoms with Gasteiger partial charge in [-0.15, -0.1) is 0 Å².